The van der Waals surface area contributed by atoms with Crippen LogP contribution < -0.4 is 19.7 Å². The molecule has 1 N–H and O–H groups in total. The Balaban J connectivity index is 1.90. The predicted molar refractivity (Wildman–Crippen MR) is 112 cm³/mol. The van der Waals surface area contributed by atoms with Crippen LogP contribution in [-0.4, -0.2) is 34.1 Å². The molecule has 0 saturated carbocycles. The lowest BCUT2D eigenvalue weighted by atomic mass is 9.75. The van der Waals surface area contributed by atoms with E-state index in [1.165, 1.54) is 0 Å². The molecule has 0 spiro atoms. The Kier molecular flexibility index (Phi) is 4.75. The minimum absolute atomic E-state index is 0.102. The van der Waals surface area contributed by atoms with Gasteiger partial charge in [-0.15, -0.1) is 0 Å². The van der Waals surface area contributed by atoms with Gasteiger partial charge in [-0.05, 0) is 42.2 Å². The summed E-state index contributed by atoms with van der Waals surface area (Å²) in [6.45, 7) is 0. The van der Waals surface area contributed by atoms with E-state index in [4.69, 9.17) is 9.47 Å². The fraction of sp³-hybridized carbons (Fsp3) is 0.348. The number of benzene rings is 2. The van der Waals surface area contributed by atoms with Crippen LogP contribution in [0.3, 0.4) is 0 Å². The minimum atomic E-state index is -0.102. The zero-order valence-electron chi connectivity index (χ0n) is 16.8. The topological polar surface area (TPSA) is 50.8 Å². The molecule has 0 bridgehead atoms. The van der Waals surface area contributed by atoms with Crippen LogP contribution >= 0.6 is 0 Å². The van der Waals surface area contributed by atoms with Gasteiger partial charge in [-0.1, -0.05) is 12.1 Å². The Morgan fingerprint density at radius 2 is 1.68 bits per heavy atom. The van der Waals surface area contributed by atoms with E-state index in [0.717, 1.165) is 46.6 Å². The first-order valence-electron chi connectivity index (χ1n) is 9.60. The molecular formula is C23H26N2O3. The highest BCUT2D eigenvalue weighted by molar-refractivity contribution is 6.01. The fourth-order valence-electron chi connectivity index (χ4n) is 4.20. The van der Waals surface area contributed by atoms with Crippen LogP contribution in [0.15, 0.2) is 47.7 Å². The lowest BCUT2D eigenvalue weighted by Gasteiger charge is -2.34. The highest BCUT2D eigenvalue weighted by atomic mass is 16.5. The van der Waals surface area contributed by atoms with E-state index >= 15 is 0 Å². The van der Waals surface area contributed by atoms with Crippen molar-refractivity contribution in [3.05, 3.63) is 58.8 Å². The van der Waals surface area contributed by atoms with Crippen LogP contribution in [0.1, 0.15) is 36.3 Å². The number of carbonyl (C=O) groups excluding carboxylic acids is 1. The zero-order valence-corrected chi connectivity index (χ0v) is 16.8. The Labute approximate surface area is 165 Å². The van der Waals surface area contributed by atoms with Gasteiger partial charge < -0.3 is 19.7 Å². The van der Waals surface area contributed by atoms with Crippen LogP contribution in [0, 0.1) is 0 Å². The van der Waals surface area contributed by atoms with E-state index in [0.29, 0.717) is 17.9 Å². The zero-order chi connectivity index (χ0) is 19.8. The maximum Gasteiger partial charge on any atom is 0.162 e. The van der Waals surface area contributed by atoms with Gasteiger partial charge in [-0.3, -0.25) is 4.79 Å². The van der Waals surface area contributed by atoms with Crippen molar-refractivity contribution in [1.29, 1.82) is 0 Å². The number of methoxy groups -OCH3 is 2. The summed E-state index contributed by atoms with van der Waals surface area (Å²) in [7, 11) is 7.33. The molecule has 4 rings (SSSR count). The number of ether oxygens (including phenoxy) is 2. The molecule has 1 atom stereocenters. The summed E-state index contributed by atoms with van der Waals surface area (Å²) < 4.78 is 11.0. The maximum absolute atomic E-state index is 12.9. The molecule has 5 heteroatoms. The molecule has 2 aromatic carbocycles. The van der Waals surface area contributed by atoms with Gasteiger partial charge in [-0.25, -0.2) is 0 Å². The van der Waals surface area contributed by atoms with Crippen molar-refractivity contribution in [2.24, 2.45) is 0 Å². The molecule has 1 aliphatic carbocycles. The number of nitrogens with zero attached hydrogens (tertiary/aromatic N) is 1. The second-order valence-corrected chi connectivity index (χ2v) is 7.51. The average Bonchev–Trinajstić information content (AvgIpc) is 2.71. The van der Waals surface area contributed by atoms with Crippen molar-refractivity contribution in [2.45, 2.75) is 25.2 Å². The average molecular weight is 378 g/mol. The van der Waals surface area contributed by atoms with Gasteiger partial charge in [0.2, 0.25) is 0 Å². The first-order chi connectivity index (χ1) is 13.5. The fourth-order valence-corrected chi connectivity index (χ4v) is 4.20. The Bertz CT molecular complexity index is 945. The molecule has 2 aliphatic rings. The quantitative estimate of drug-likeness (QED) is 0.858. The van der Waals surface area contributed by atoms with Crippen molar-refractivity contribution in [3.8, 4) is 11.5 Å². The normalized spacial score (nSPS) is 18.1. The van der Waals surface area contributed by atoms with Gasteiger partial charge in [0.15, 0.2) is 17.3 Å². The summed E-state index contributed by atoms with van der Waals surface area (Å²) in [5, 5.41) is 3.50. The van der Waals surface area contributed by atoms with Gasteiger partial charge in [0.25, 0.3) is 0 Å². The molecule has 28 heavy (non-hydrogen) atoms. The van der Waals surface area contributed by atoms with Crippen molar-refractivity contribution >= 4 is 17.2 Å². The second-order valence-electron chi connectivity index (χ2n) is 7.51. The van der Waals surface area contributed by atoms with Crippen LogP contribution in [0.2, 0.25) is 0 Å². The van der Waals surface area contributed by atoms with Gasteiger partial charge in [-0.2, -0.15) is 0 Å². The van der Waals surface area contributed by atoms with Crippen molar-refractivity contribution in [2.75, 3.05) is 38.5 Å². The Hall–Kier alpha value is -2.95. The maximum atomic E-state index is 12.9. The number of anilines is 2. The van der Waals surface area contributed by atoms with E-state index in [1.807, 2.05) is 26.2 Å². The highest BCUT2D eigenvalue weighted by Gasteiger charge is 2.35. The number of carbonyl (C=O) groups is 1. The van der Waals surface area contributed by atoms with Gasteiger partial charge in [0, 0.05) is 55.1 Å². The molecule has 0 saturated heterocycles. The monoisotopic (exact) mass is 378 g/mol. The second kappa shape index (κ2) is 7.23. The predicted octanol–water partition coefficient (Wildman–Crippen LogP) is 4.33. The van der Waals surface area contributed by atoms with E-state index in [1.54, 1.807) is 14.2 Å². The van der Waals surface area contributed by atoms with Gasteiger partial charge in [0.1, 0.15) is 0 Å². The lowest BCUT2D eigenvalue weighted by Crippen LogP contribution is -2.27. The molecule has 0 fully saturated rings. The van der Waals surface area contributed by atoms with Crippen LogP contribution in [-0.2, 0) is 4.79 Å². The summed E-state index contributed by atoms with van der Waals surface area (Å²) in [6, 6.07) is 12.4. The number of hydrogen-bond donors (Lipinski definition) is 1. The third-order valence-corrected chi connectivity index (χ3v) is 5.64. The van der Waals surface area contributed by atoms with Crippen molar-refractivity contribution < 1.29 is 14.3 Å². The summed E-state index contributed by atoms with van der Waals surface area (Å²) in [5.41, 5.74) is 6.20. The number of ketones is 1. The SMILES string of the molecule is COc1cc2c(cc1OC)[C@@H](c1ccc(N(C)C)cc1)C1=C(CCCC1=O)N2. The van der Waals surface area contributed by atoms with E-state index in [2.05, 4.69) is 34.5 Å². The van der Waals surface area contributed by atoms with Crippen molar-refractivity contribution in [1.82, 2.24) is 0 Å². The van der Waals surface area contributed by atoms with Crippen LogP contribution in [0.5, 0.6) is 11.5 Å². The molecule has 146 valence electrons. The molecule has 1 heterocycles. The standard InChI is InChI=1S/C23H26N2O3/c1-25(2)15-10-8-14(9-11-15)22-16-12-20(27-3)21(28-4)13-18(16)24-17-6-5-7-19(26)23(17)22/h8-13,22,24H,5-7H2,1-4H3/t22-/m1/s1. The summed E-state index contributed by atoms with van der Waals surface area (Å²) in [4.78, 5) is 15.0. The molecule has 0 amide bonds. The van der Waals surface area contributed by atoms with E-state index < -0.39 is 0 Å². The Morgan fingerprint density at radius 1 is 1.00 bits per heavy atom. The molecule has 5 nitrogen and oxygen atoms in total. The molecule has 0 aromatic heterocycles. The van der Waals surface area contributed by atoms with Crippen molar-refractivity contribution in [3.63, 3.8) is 0 Å². The molecule has 0 radical (unpaired) electrons. The number of allylic oxidation sites excluding steroid dienone is 2. The number of fused-ring (bicyclic) bond motifs is 1. The van der Waals surface area contributed by atoms with E-state index in [9.17, 15) is 4.79 Å². The lowest BCUT2D eigenvalue weighted by molar-refractivity contribution is -0.116. The smallest absolute Gasteiger partial charge is 0.162 e. The number of hydrogen-bond acceptors (Lipinski definition) is 5. The van der Waals surface area contributed by atoms with Crippen LogP contribution in [0.25, 0.3) is 0 Å². The molecular weight excluding hydrogens is 352 g/mol. The third-order valence-electron chi connectivity index (χ3n) is 5.64. The van der Waals surface area contributed by atoms with Crippen LogP contribution in [0.4, 0.5) is 11.4 Å². The largest absolute Gasteiger partial charge is 0.493 e. The first-order valence-corrected chi connectivity index (χ1v) is 9.60. The number of Topliss-reactive ketones (excluding diaryl/α,β-unsaturated/α-hetero) is 1. The Morgan fingerprint density at radius 3 is 2.32 bits per heavy atom. The first kappa shape index (κ1) is 18.4. The van der Waals surface area contributed by atoms with Gasteiger partial charge in [0.05, 0.1) is 14.2 Å². The van der Waals surface area contributed by atoms with E-state index in [-0.39, 0.29) is 11.7 Å². The number of nitrogens with one attached hydrogen (secondary N) is 1. The number of rotatable bonds is 4. The molecule has 2 aromatic rings. The minimum Gasteiger partial charge on any atom is -0.493 e. The highest BCUT2D eigenvalue weighted by Crippen LogP contribution is 2.48. The molecule has 1 aliphatic heterocycles. The molecule has 0 unspecified atom stereocenters. The summed E-state index contributed by atoms with van der Waals surface area (Å²) in [6.07, 6.45) is 2.39. The third kappa shape index (κ3) is 3.01. The summed E-state index contributed by atoms with van der Waals surface area (Å²) in [5.74, 6) is 1.48. The van der Waals surface area contributed by atoms with Gasteiger partial charge >= 0.3 is 0 Å². The summed E-state index contributed by atoms with van der Waals surface area (Å²) >= 11 is 0.